The molecule has 2 rings (SSSR count). The largest absolute Gasteiger partial charge is 0.397 e. The normalized spacial score (nSPS) is 11.3. The predicted molar refractivity (Wildman–Crippen MR) is 78.5 cm³/mol. The topological polar surface area (TPSA) is 111 Å². The minimum atomic E-state index is -3.73. The zero-order chi connectivity index (χ0) is 14.8. The maximum atomic E-state index is 11.2. The second kappa shape index (κ2) is 5.48. The maximum Gasteiger partial charge on any atom is 0.238 e. The van der Waals surface area contributed by atoms with Crippen LogP contribution in [0.1, 0.15) is 11.1 Å². The molecule has 0 saturated carbocycles. The van der Waals surface area contributed by atoms with E-state index in [0.717, 1.165) is 11.1 Å². The molecule has 2 aromatic rings. The molecule has 1 heterocycles. The Morgan fingerprint density at radius 3 is 2.65 bits per heavy atom. The molecule has 0 bridgehead atoms. The summed E-state index contributed by atoms with van der Waals surface area (Å²) < 4.78 is 22.4. The molecule has 6 nitrogen and oxygen atoms in total. The van der Waals surface area contributed by atoms with E-state index in [4.69, 9.17) is 10.9 Å². The third kappa shape index (κ3) is 3.25. The van der Waals surface area contributed by atoms with E-state index in [-0.39, 0.29) is 4.90 Å². The first-order valence-corrected chi connectivity index (χ1v) is 7.48. The summed E-state index contributed by atoms with van der Waals surface area (Å²) in [5, 5.41) is 8.20. The van der Waals surface area contributed by atoms with Crippen molar-refractivity contribution in [3.63, 3.8) is 0 Å². The van der Waals surface area contributed by atoms with Gasteiger partial charge in [0.2, 0.25) is 10.0 Å². The lowest BCUT2D eigenvalue weighted by molar-refractivity contribution is 0.598. The highest BCUT2D eigenvalue weighted by atomic mass is 32.2. The highest BCUT2D eigenvalue weighted by Crippen LogP contribution is 2.22. The number of anilines is 2. The van der Waals surface area contributed by atoms with Crippen LogP contribution in [0.15, 0.2) is 41.6 Å². The first kappa shape index (κ1) is 14.3. The van der Waals surface area contributed by atoms with E-state index >= 15 is 0 Å². The lowest BCUT2D eigenvalue weighted by Crippen LogP contribution is -2.13. The first-order valence-electron chi connectivity index (χ1n) is 5.93. The summed E-state index contributed by atoms with van der Waals surface area (Å²) in [5.41, 5.74) is 8.97. The van der Waals surface area contributed by atoms with Crippen molar-refractivity contribution in [1.82, 2.24) is 4.98 Å². The van der Waals surface area contributed by atoms with Crippen LogP contribution in [0.2, 0.25) is 0 Å². The second-order valence-corrected chi connectivity index (χ2v) is 6.01. The number of aromatic nitrogens is 1. The summed E-state index contributed by atoms with van der Waals surface area (Å²) >= 11 is 0. The Labute approximate surface area is 117 Å². The van der Waals surface area contributed by atoms with Crippen molar-refractivity contribution in [3.8, 4) is 0 Å². The van der Waals surface area contributed by atoms with Crippen LogP contribution in [-0.4, -0.2) is 13.4 Å². The molecular weight excluding hydrogens is 276 g/mol. The number of nitrogens with zero attached hydrogens (tertiary/aromatic N) is 1. The van der Waals surface area contributed by atoms with Crippen molar-refractivity contribution in [2.24, 2.45) is 5.14 Å². The minimum Gasteiger partial charge on any atom is -0.397 e. The summed E-state index contributed by atoms with van der Waals surface area (Å²) in [6.45, 7) is 2.55. The van der Waals surface area contributed by atoms with E-state index in [2.05, 4.69) is 10.3 Å². The van der Waals surface area contributed by atoms with Gasteiger partial charge in [0.15, 0.2) is 0 Å². The molecule has 5 N–H and O–H groups in total. The molecule has 20 heavy (non-hydrogen) atoms. The van der Waals surface area contributed by atoms with Gasteiger partial charge < -0.3 is 11.1 Å². The van der Waals surface area contributed by atoms with Gasteiger partial charge in [-0.15, -0.1) is 0 Å². The minimum absolute atomic E-state index is 0.00175. The average molecular weight is 292 g/mol. The third-order valence-electron chi connectivity index (χ3n) is 2.97. The molecule has 0 saturated heterocycles. The lowest BCUT2D eigenvalue weighted by atomic mass is 10.1. The Kier molecular flexibility index (Phi) is 3.91. The first-order chi connectivity index (χ1) is 9.38. The highest BCUT2D eigenvalue weighted by molar-refractivity contribution is 7.89. The van der Waals surface area contributed by atoms with Crippen molar-refractivity contribution in [3.05, 3.63) is 47.8 Å². The molecule has 0 radical (unpaired) electrons. The van der Waals surface area contributed by atoms with Crippen LogP contribution in [-0.2, 0) is 16.6 Å². The monoisotopic (exact) mass is 292 g/mol. The molecule has 0 amide bonds. The number of rotatable bonds is 4. The van der Waals surface area contributed by atoms with Crippen LogP contribution in [0.4, 0.5) is 11.4 Å². The Morgan fingerprint density at radius 1 is 1.30 bits per heavy atom. The Balaban J connectivity index is 2.17. The molecule has 0 aliphatic rings. The number of hydrogen-bond donors (Lipinski definition) is 3. The van der Waals surface area contributed by atoms with Crippen LogP contribution in [0, 0.1) is 6.92 Å². The molecule has 7 heteroatoms. The molecule has 106 valence electrons. The van der Waals surface area contributed by atoms with Crippen LogP contribution in [0.3, 0.4) is 0 Å². The summed E-state index contributed by atoms with van der Waals surface area (Å²) in [7, 11) is -3.73. The number of primary sulfonamides is 1. The van der Waals surface area contributed by atoms with Gasteiger partial charge in [-0.05, 0) is 42.3 Å². The van der Waals surface area contributed by atoms with E-state index in [1.54, 1.807) is 18.5 Å². The zero-order valence-electron chi connectivity index (χ0n) is 11.0. The van der Waals surface area contributed by atoms with Gasteiger partial charge in [0.25, 0.3) is 0 Å². The number of aryl methyl sites for hydroxylation is 1. The lowest BCUT2D eigenvalue weighted by Gasteiger charge is -2.11. The fraction of sp³-hybridized carbons (Fsp3) is 0.154. The predicted octanol–water partition coefficient (Wildman–Crippen LogP) is 1.23. The Hall–Kier alpha value is -2.12. The zero-order valence-corrected chi connectivity index (χ0v) is 11.8. The Bertz CT molecular complexity index is 729. The number of pyridine rings is 1. The van der Waals surface area contributed by atoms with Gasteiger partial charge in [-0.25, -0.2) is 13.6 Å². The van der Waals surface area contributed by atoms with E-state index in [9.17, 15) is 8.42 Å². The van der Waals surface area contributed by atoms with Gasteiger partial charge in [-0.2, -0.15) is 0 Å². The fourth-order valence-corrected chi connectivity index (χ4v) is 2.30. The smallest absolute Gasteiger partial charge is 0.238 e. The summed E-state index contributed by atoms with van der Waals surface area (Å²) in [6.07, 6.45) is 3.51. The molecule has 0 aliphatic carbocycles. The van der Waals surface area contributed by atoms with Crippen LogP contribution < -0.4 is 16.2 Å². The average Bonchev–Trinajstić information content (AvgIpc) is 2.38. The van der Waals surface area contributed by atoms with Crippen molar-refractivity contribution in [2.45, 2.75) is 18.4 Å². The molecule has 0 atom stereocenters. The van der Waals surface area contributed by atoms with Crippen LogP contribution in [0.5, 0.6) is 0 Å². The molecule has 0 spiro atoms. The highest BCUT2D eigenvalue weighted by Gasteiger charge is 2.10. The molecular formula is C13H16N4O2S. The summed E-state index contributed by atoms with van der Waals surface area (Å²) in [5.74, 6) is 0. The van der Waals surface area contributed by atoms with Gasteiger partial charge in [0.1, 0.15) is 0 Å². The standard InChI is InChI=1S/C13H16N4O2S/c1-9-4-5-16-7-10(9)8-17-13-3-2-11(6-12(13)14)20(15,18)19/h2-7,17H,8,14H2,1H3,(H2,15,18,19). The van der Waals surface area contributed by atoms with Gasteiger partial charge in [-0.3, -0.25) is 4.98 Å². The molecule has 0 unspecified atom stereocenters. The Morgan fingerprint density at radius 2 is 2.05 bits per heavy atom. The molecule has 0 aliphatic heterocycles. The number of benzene rings is 1. The van der Waals surface area contributed by atoms with E-state index in [1.165, 1.54) is 12.1 Å². The number of hydrogen-bond acceptors (Lipinski definition) is 5. The van der Waals surface area contributed by atoms with Gasteiger partial charge in [-0.1, -0.05) is 0 Å². The second-order valence-electron chi connectivity index (χ2n) is 4.45. The van der Waals surface area contributed by atoms with Gasteiger partial charge in [0.05, 0.1) is 16.3 Å². The number of sulfonamides is 1. The van der Waals surface area contributed by atoms with E-state index < -0.39 is 10.0 Å². The van der Waals surface area contributed by atoms with Crippen molar-refractivity contribution in [2.75, 3.05) is 11.1 Å². The summed E-state index contributed by atoms with van der Waals surface area (Å²) in [4.78, 5) is 4.06. The van der Waals surface area contributed by atoms with Crippen molar-refractivity contribution < 1.29 is 8.42 Å². The quantitative estimate of drug-likeness (QED) is 0.734. The third-order valence-corrected chi connectivity index (χ3v) is 3.88. The van der Waals surface area contributed by atoms with Gasteiger partial charge >= 0.3 is 0 Å². The van der Waals surface area contributed by atoms with Crippen LogP contribution in [0.25, 0.3) is 0 Å². The molecule has 0 fully saturated rings. The number of nitrogens with two attached hydrogens (primary N) is 2. The number of nitrogens with one attached hydrogen (secondary N) is 1. The van der Waals surface area contributed by atoms with E-state index in [0.29, 0.717) is 17.9 Å². The van der Waals surface area contributed by atoms with Gasteiger partial charge in [0, 0.05) is 18.9 Å². The molecule has 1 aromatic carbocycles. The fourth-order valence-electron chi connectivity index (χ4n) is 1.75. The SMILES string of the molecule is Cc1ccncc1CNc1ccc(S(N)(=O)=O)cc1N. The number of nitrogen functional groups attached to an aromatic ring is 1. The summed E-state index contributed by atoms with van der Waals surface area (Å²) in [6, 6.07) is 6.28. The van der Waals surface area contributed by atoms with Crippen molar-refractivity contribution >= 4 is 21.4 Å². The van der Waals surface area contributed by atoms with Crippen LogP contribution >= 0.6 is 0 Å². The maximum absolute atomic E-state index is 11.2. The van der Waals surface area contributed by atoms with E-state index in [1.807, 2.05) is 13.0 Å². The molecule has 1 aromatic heterocycles. The van der Waals surface area contributed by atoms with Crippen molar-refractivity contribution in [1.29, 1.82) is 0 Å².